The highest BCUT2D eigenvalue weighted by Gasteiger charge is 2.29. The third-order valence-electron chi connectivity index (χ3n) is 3.94. The van der Waals surface area contributed by atoms with Crippen LogP contribution in [0.1, 0.15) is 30.7 Å². The zero-order chi connectivity index (χ0) is 14.9. The van der Waals surface area contributed by atoms with Gasteiger partial charge >= 0.3 is 0 Å². The largest absolute Gasteiger partial charge is 0.487 e. The lowest BCUT2D eigenvalue weighted by molar-refractivity contribution is 0.138. The summed E-state index contributed by atoms with van der Waals surface area (Å²) in [7, 11) is 1.98. The highest BCUT2D eigenvalue weighted by atomic mass is 16.5. The molecule has 0 aliphatic carbocycles. The molecule has 112 valence electrons. The summed E-state index contributed by atoms with van der Waals surface area (Å²) in [5, 5.41) is 7.68. The van der Waals surface area contributed by atoms with Gasteiger partial charge in [-0.25, -0.2) is 0 Å². The van der Waals surface area contributed by atoms with Gasteiger partial charge in [-0.2, -0.15) is 5.10 Å². The second-order valence-electron chi connectivity index (χ2n) is 6.35. The van der Waals surface area contributed by atoms with Crippen molar-refractivity contribution in [2.45, 2.75) is 38.8 Å². The van der Waals surface area contributed by atoms with Crippen LogP contribution in [0.25, 0.3) is 0 Å². The summed E-state index contributed by atoms with van der Waals surface area (Å²) < 4.78 is 7.83. The molecule has 0 saturated heterocycles. The molecule has 1 aliphatic heterocycles. The molecule has 2 aromatic rings. The van der Waals surface area contributed by atoms with Crippen LogP contribution < -0.4 is 10.1 Å². The number of fused-ring (bicyclic) bond motifs is 1. The minimum absolute atomic E-state index is 0.0616. The number of nitrogens with zero attached hydrogens (tertiary/aromatic N) is 2. The van der Waals surface area contributed by atoms with Crippen molar-refractivity contribution in [3.63, 3.8) is 0 Å². The molecule has 0 atom stereocenters. The lowest BCUT2D eigenvalue weighted by Gasteiger charge is -2.16. The van der Waals surface area contributed by atoms with Gasteiger partial charge in [-0.3, -0.25) is 4.68 Å². The zero-order valence-electron chi connectivity index (χ0n) is 13.0. The Labute approximate surface area is 126 Å². The molecule has 3 rings (SSSR count). The fourth-order valence-electron chi connectivity index (χ4n) is 2.87. The quantitative estimate of drug-likeness (QED) is 0.858. The normalized spacial score (nSPS) is 15.8. The van der Waals surface area contributed by atoms with Crippen LogP contribution in [0.5, 0.6) is 5.75 Å². The molecule has 0 radical (unpaired) electrons. The molecule has 4 nitrogen and oxygen atoms in total. The predicted molar refractivity (Wildman–Crippen MR) is 83.5 cm³/mol. The van der Waals surface area contributed by atoms with Gasteiger partial charge in [-0.1, -0.05) is 12.1 Å². The molecular formula is C17H23N3O. The van der Waals surface area contributed by atoms with Crippen molar-refractivity contribution in [2.24, 2.45) is 7.05 Å². The summed E-state index contributed by atoms with van der Waals surface area (Å²) in [4.78, 5) is 0. The van der Waals surface area contributed by atoms with Crippen molar-refractivity contribution in [1.82, 2.24) is 15.1 Å². The van der Waals surface area contributed by atoms with Crippen LogP contribution in [-0.2, 0) is 26.4 Å². The Hall–Kier alpha value is -1.81. The average Bonchev–Trinajstić information content (AvgIpc) is 2.95. The van der Waals surface area contributed by atoms with Gasteiger partial charge < -0.3 is 10.1 Å². The van der Waals surface area contributed by atoms with Gasteiger partial charge in [0.15, 0.2) is 0 Å². The van der Waals surface area contributed by atoms with E-state index in [2.05, 4.69) is 48.5 Å². The number of ether oxygens (including phenoxy) is 1. The first-order chi connectivity index (χ1) is 10.0. The van der Waals surface area contributed by atoms with E-state index in [-0.39, 0.29) is 5.60 Å². The van der Waals surface area contributed by atoms with E-state index in [0.29, 0.717) is 0 Å². The van der Waals surface area contributed by atoms with E-state index in [1.54, 1.807) is 0 Å². The maximum atomic E-state index is 5.91. The third-order valence-corrected chi connectivity index (χ3v) is 3.94. The first-order valence-electron chi connectivity index (χ1n) is 7.52. The van der Waals surface area contributed by atoms with Crippen LogP contribution >= 0.6 is 0 Å². The average molecular weight is 285 g/mol. The summed E-state index contributed by atoms with van der Waals surface area (Å²) in [5.74, 6) is 1.04. The monoisotopic (exact) mass is 285 g/mol. The SMILES string of the molecule is Cn1nccc1CCNCc1ccc2c(c1)CC(C)(C)O2. The Morgan fingerprint density at radius 3 is 2.95 bits per heavy atom. The zero-order valence-corrected chi connectivity index (χ0v) is 13.0. The molecule has 1 N–H and O–H groups in total. The Balaban J connectivity index is 1.52. The molecule has 4 heteroatoms. The van der Waals surface area contributed by atoms with Crippen LogP contribution in [0, 0.1) is 0 Å². The summed E-state index contributed by atoms with van der Waals surface area (Å²) >= 11 is 0. The van der Waals surface area contributed by atoms with Crippen molar-refractivity contribution in [3.05, 3.63) is 47.3 Å². The number of nitrogens with one attached hydrogen (secondary N) is 1. The number of aromatic nitrogens is 2. The maximum absolute atomic E-state index is 5.91. The molecule has 0 unspecified atom stereocenters. The minimum atomic E-state index is -0.0616. The van der Waals surface area contributed by atoms with Gasteiger partial charge in [0, 0.05) is 44.9 Å². The van der Waals surface area contributed by atoms with E-state index in [1.807, 2.05) is 17.9 Å². The van der Waals surface area contributed by atoms with Crippen LogP contribution in [-0.4, -0.2) is 21.9 Å². The summed E-state index contributed by atoms with van der Waals surface area (Å²) in [6.45, 7) is 6.13. The summed E-state index contributed by atoms with van der Waals surface area (Å²) in [5.41, 5.74) is 3.84. The van der Waals surface area contributed by atoms with Gasteiger partial charge in [0.05, 0.1) is 0 Å². The Morgan fingerprint density at radius 1 is 1.33 bits per heavy atom. The van der Waals surface area contributed by atoms with Gasteiger partial charge in [-0.05, 0) is 37.1 Å². The fraction of sp³-hybridized carbons (Fsp3) is 0.471. The predicted octanol–water partition coefficient (Wildman–Crippen LogP) is 2.47. The smallest absolute Gasteiger partial charge is 0.123 e. The van der Waals surface area contributed by atoms with Gasteiger partial charge in [0.1, 0.15) is 11.4 Å². The van der Waals surface area contributed by atoms with Crippen molar-refractivity contribution in [1.29, 1.82) is 0 Å². The fourth-order valence-corrected chi connectivity index (χ4v) is 2.87. The topological polar surface area (TPSA) is 39.1 Å². The van der Waals surface area contributed by atoms with E-state index in [9.17, 15) is 0 Å². The Bertz CT molecular complexity index is 631. The molecule has 0 bridgehead atoms. The Kier molecular flexibility index (Phi) is 3.72. The molecule has 0 amide bonds. The van der Waals surface area contributed by atoms with Crippen LogP contribution in [0.3, 0.4) is 0 Å². The third kappa shape index (κ3) is 3.27. The van der Waals surface area contributed by atoms with E-state index in [0.717, 1.165) is 31.7 Å². The second kappa shape index (κ2) is 5.53. The Morgan fingerprint density at radius 2 is 2.19 bits per heavy atom. The first kappa shape index (κ1) is 14.1. The van der Waals surface area contributed by atoms with E-state index >= 15 is 0 Å². The summed E-state index contributed by atoms with van der Waals surface area (Å²) in [6.07, 6.45) is 3.83. The summed E-state index contributed by atoms with van der Waals surface area (Å²) in [6, 6.07) is 8.58. The highest BCUT2D eigenvalue weighted by molar-refractivity contribution is 5.41. The van der Waals surface area contributed by atoms with Crippen molar-refractivity contribution in [2.75, 3.05) is 6.54 Å². The van der Waals surface area contributed by atoms with Gasteiger partial charge in [-0.15, -0.1) is 0 Å². The van der Waals surface area contributed by atoms with E-state index < -0.39 is 0 Å². The lowest BCUT2D eigenvalue weighted by atomic mass is 10.0. The molecule has 2 heterocycles. The number of aryl methyl sites for hydroxylation is 1. The molecule has 1 aliphatic rings. The van der Waals surface area contributed by atoms with Crippen molar-refractivity contribution in [3.8, 4) is 5.75 Å². The van der Waals surface area contributed by atoms with E-state index in [4.69, 9.17) is 4.74 Å². The lowest BCUT2D eigenvalue weighted by Crippen LogP contribution is -2.24. The molecule has 0 spiro atoms. The van der Waals surface area contributed by atoms with Gasteiger partial charge in [0.2, 0.25) is 0 Å². The second-order valence-corrected chi connectivity index (χ2v) is 6.35. The van der Waals surface area contributed by atoms with Crippen LogP contribution in [0.15, 0.2) is 30.5 Å². The highest BCUT2D eigenvalue weighted by Crippen LogP contribution is 2.35. The minimum Gasteiger partial charge on any atom is -0.487 e. The van der Waals surface area contributed by atoms with E-state index in [1.165, 1.54) is 16.8 Å². The maximum Gasteiger partial charge on any atom is 0.123 e. The number of hydrogen-bond acceptors (Lipinski definition) is 3. The molecule has 21 heavy (non-hydrogen) atoms. The molecule has 1 aromatic heterocycles. The standard InChI is InChI=1S/C17H23N3O/c1-17(2)11-14-10-13(4-5-16(14)21-17)12-18-8-6-15-7-9-19-20(15)3/h4-5,7,9-10,18H,6,8,11-12H2,1-3H3. The van der Waals surface area contributed by atoms with Crippen LogP contribution in [0.2, 0.25) is 0 Å². The molecule has 0 fully saturated rings. The molecule has 1 aromatic carbocycles. The number of rotatable bonds is 5. The number of hydrogen-bond donors (Lipinski definition) is 1. The first-order valence-corrected chi connectivity index (χ1v) is 7.52. The van der Waals surface area contributed by atoms with Crippen molar-refractivity contribution < 1.29 is 4.74 Å². The molecular weight excluding hydrogens is 262 g/mol. The molecule has 0 saturated carbocycles. The van der Waals surface area contributed by atoms with Gasteiger partial charge in [0.25, 0.3) is 0 Å². The number of benzene rings is 1. The van der Waals surface area contributed by atoms with Crippen molar-refractivity contribution >= 4 is 0 Å². The van der Waals surface area contributed by atoms with Crippen LogP contribution in [0.4, 0.5) is 0 Å².